The Balaban J connectivity index is 1.68. The van der Waals surface area contributed by atoms with Gasteiger partial charge in [-0.2, -0.15) is 5.10 Å². The van der Waals surface area contributed by atoms with Crippen LogP contribution in [0.4, 0.5) is 0 Å². The Hall–Kier alpha value is -2.68. The van der Waals surface area contributed by atoms with Gasteiger partial charge in [-0.15, -0.1) is 0 Å². The van der Waals surface area contributed by atoms with Crippen molar-refractivity contribution in [2.75, 3.05) is 25.9 Å². The van der Waals surface area contributed by atoms with Gasteiger partial charge in [0.25, 0.3) is 5.91 Å². The number of piperidine rings is 1. The molecule has 1 aromatic carbocycles. The molecule has 150 valence electrons. The highest BCUT2D eigenvalue weighted by Crippen LogP contribution is 2.22. The predicted molar refractivity (Wildman–Crippen MR) is 105 cm³/mol. The first-order valence-corrected chi connectivity index (χ1v) is 10.9. The summed E-state index contributed by atoms with van der Waals surface area (Å²) in [6.07, 6.45) is 2.22. The Kier molecular flexibility index (Phi) is 5.83. The number of carbonyl (C=O) groups excluding carboxylic acids is 2. The number of hydrogen-bond acceptors (Lipinski definition) is 5. The van der Waals surface area contributed by atoms with Crippen molar-refractivity contribution in [3.63, 3.8) is 0 Å². The third kappa shape index (κ3) is 4.09. The molecule has 0 atom stereocenters. The van der Waals surface area contributed by atoms with E-state index >= 15 is 0 Å². The monoisotopic (exact) mass is 404 g/mol. The zero-order chi connectivity index (χ0) is 20.3. The number of nitrogens with zero attached hydrogens (tertiary/aromatic N) is 3. The van der Waals surface area contributed by atoms with Crippen molar-refractivity contribution in [2.24, 2.45) is 0 Å². The third-order valence-corrected chi connectivity index (χ3v) is 7.24. The lowest BCUT2D eigenvalue weighted by Crippen LogP contribution is -2.44. The van der Waals surface area contributed by atoms with Crippen LogP contribution in [0.15, 0.2) is 36.5 Å². The first-order valence-electron chi connectivity index (χ1n) is 9.15. The third-order valence-electron chi connectivity index (χ3n) is 5.09. The minimum atomic E-state index is -3.51. The number of amides is 2. The maximum atomic E-state index is 12.9. The summed E-state index contributed by atoms with van der Waals surface area (Å²) in [6.45, 7) is 2.52. The van der Waals surface area contributed by atoms with E-state index in [0.717, 1.165) is 11.4 Å². The van der Waals surface area contributed by atoms with Crippen molar-refractivity contribution in [1.82, 2.24) is 20.0 Å². The second-order valence-electron chi connectivity index (χ2n) is 6.86. The van der Waals surface area contributed by atoms with Crippen LogP contribution in [0.25, 0.3) is 5.69 Å². The lowest BCUT2D eigenvalue weighted by atomic mass is 10.1. The van der Waals surface area contributed by atoms with Crippen LogP contribution in [0.5, 0.6) is 0 Å². The van der Waals surface area contributed by atoms with Crippen molar-refractivity contribution in [1.29, 1.82) is 0 Å². The Labute approximate surface area is 164 Å². The van der Waals surface area contributed by atoms with Crippen LogP contribution < -0.4 is 5.32 Å². The van der Waals surface area contributed by atoms with Crippen molar-refractivity contribution in [3.05, 3.63) is 47.8 Å². The largest absolute Gasteiger partial charge is 0.358 e. The number of benzene rings is 1. The SMILES string of the molecule is CNC(=O)CS(=O)(=O)C1CCN(C(=O)c2cnn(-c3ccccc3)c2C)CC1. The number of carbonyl (C=O) groups is 2. The van der Waals surface area contributed by atoms with Crippen LogP contribution in [0.3, 0.4) is 0 Å². The molecule has 9 heteroatoms. The molecule has 1 fully saturated rings. The summed E-state index contributed by atoms with van der Waals surface area (Å²) in [5.74, 6) is -1.17. The summed E-state index contributed by atoms with van der Waals surface area (Å²) >= 11 is 0. The second kappa shape index (κ2) is 8.14. The molecular formula is C19H24N4O4S. The fraction of sp³-hybridized carbons (Fsp3) is 0.421. The quantitative estimate of drug-likeness (QED) is 0.799. The van der Waals surface area contributed by atoms with E-state index in [4.69, 9.17) is 0 Å². The van der Waals surface area contributed by atoms with Gasteiger partial charge >= 0.3 is 0 Å². The molecule has 1 saturated heterocycles. The van der Waals surface area contributed by atoms with Crippen LogP contribution in [0.2, 0.25) is 0 Å². The van der Waals surface area contributed by atoms with Gasteiger partial charge in [-0.1, -0.05) is 18.2 Å². The molecule has 0 unspecified atom stereocenters. The molecule has 0 radical (unpaired) electrons. The van der Waals surface area contributed by atoms with Gasteiger partial charge in [-0.25, -0.2) is 13.1 Å². The van der Waals surface area contributed by atoms with E-state index in [1.54, 1.807) is 15.8 Å². The minimum Gasteiger partial charge on any atom is -0.358 e. The molecule has 1 N–H and O–H groups in total. The van der Waals surface area contributed by atoms with E-state index < -0.39 is 26.7 Å². The van der Waals surface area contributed by atoms with Gasteiger partial charge < -0.3 is 10.2 Å². The lowest BCUT2D eigenvalue weighted by molar-refractivity contribution is -0.118. The standard InChI is InChI=1S/C19H24N4O4S/c1-14-17(12-21-23(14)15-6-4-3-5-7-15)19(25)22-10-8-16(9-11-22)28(26,27)13-18(24)20-2/h3-7,12,16H,8-11,13H2,1-2H3,(H,20,24). The van der Waals surface area contributed by atoms with E-state index in [1.807, 2.05) is 37.3 Å². The predicted octanol–water partition coefficient (Wildman–Crippen LogP) is 0.946. The molecular weight excluding hydrogens is 380 g/mol. The van der Waals surface area contributed by atoms with Gasteiger partial charge in [0, 0.05) is 20.1 Å². The smallest absolute Gasteiger partial charge is 0.257 e. The Morgan fingerprint density at radius 2 is 1.82 bits per heavy atom. The molecule has 3 rings (SSSR count). The molecule has 2 aromatic rings. The molecule has 0 saturated carbocycles. The number of likely N-dealkylation sites (tertiary alicyclic amines) is 1. The number of sulfone groups is 1. The summed E-state index contributed by atoms with van der Waals surface area (Å²) < 4.78 is 26.4. The van der Waals surface area contributed by atoms with Crippen LogP contribution in [-0.4, -0.2) is 66.1 Å². The molecule has 0 bridgehead atoms. The van der Waals surface area contributed by atoms with Gasteiger partial charge in [0.15, 0.2) is 9.84 Å². The molecule has 2 heterocycles. The van der Waals surface area contributed by atoms with Crippen LogP contribution >= 0.6 is 0 Å². The Bertz CT molecular complexity index is 961. The van der Waals surface area contributed by atoms with Crippen molar-refractivity contribution >= 4 is 21.7 Å². The summed E-state index contributed by atoms with van der Waals surface area (Å²) in [5, 5.41) is 6.07. The fourth-order valence-corrected chi connectivity index (χ4v) is 5.08. The van der Waals surface area contributed by atoms with Crippen molar-refractivity contribution in [3.8, 4) is 5.69 Å². The molecule has 2 amide bonds. The van der Waals surface area contributed by atoms with Gasteiger partial charge in [0.05, 0.1) is 28.4 Å². The number of rotatable bonds is 5. The van der Waals surface area contributed by atoms with Gasteiger partial charge in [0.2, 0.25) is 5.91 Å². The lowest BCUT2D eigenvalue weighted by Gasteiger charge is -2.31. The molecule has 28 heavy (non-hydrogen) atoms. The van der Waals surface area contributed by atoms with E-state index in [0.29, 0.717) is 31.5 Å². The van der Waals surface area contributed by atoms with E-state index in [9.17, 15) is 18.0 Å². The summed E-state index contributed by atoms with van der Waals surface area (Å²) in [6, 6.07) is 9.55. The van der Waals surface area contributed by atoms with Crippen LogP contribution in [-0.2, 0) is 14.6 Å². The van der Waals surface area contributed by atoms with E-state index in [1.165, 1.54) is 7.05 Å². The summed E-state index contributed by atoms with van der Waals surface area (Å²) in [7, 11) is -2.10. The topological polar surface area (TPSA) is 101 Å². The van der Waals surface area contributed by atoms with Crippen molar-refractivity contribution in [2.45, 2.75) is 25.0 Å². The first-order chi connectivity index (χ1) is 13.3. The molecule has 1 aliphatic rings. The maximum Gasteiger partial charge on any atom is 0.257 e. The number of hydrogen-bond donors (Lipinski definition) is 1. The fourth-order valence-electron chi connectivity index (χ4n) is 3.41. The highest BCUT2D eigenvalue weighted by Gasteiger charge is 2.33. The van der Waals surface area contributed by atoms with E-state index in [2.05, 4.69) is 10.4 Å². The van der Waals surface area contributed by atoms with Crippen LogP contribution in [0.1, 0.15) is 28.9 Å². The maximum absolute atomic E-state index is 12.9. The van der Waals surface area contributed by atoms with Gasteiger partial charge in [0.1, 0.15) is 5.75 Å². The normalized spacial score (nSPS) is 15.4. The average Bonchev–Trinajstić information content (AvgIpc) is 3.09. The number of para-hydroxylation sites is 1. The molecule has 1 aliphatic heterocycles. The summed E-state index contributed by atoms with van der Waals surface area (Å²) in [4.78, 5) is 26.0. The number of nitrogens with one attached hydrogen (secondary N) is 1. The average molecular weight is 404 g/mol. The molecule has 0 spiro atoms. The second-order valence-corrected chi connectivity index (χ2v) is 9.14. The van der Waals surface area contributed by atoms with E-state index in [-0.39, 0.29) is 5.91 Å². The Morgan fingerprint density at radius 1 is 1.18 bits per heavy atom. The Morgan fingerprint density at radius 3 is 2.43 bits per heavy atom. The highest BCUT2D eigenvalue weighted by atomic mass is 32.2. The van der Waals surface area contributed by atoms with Crippen LogP contribution in [0, 0.1) is 6.92 Å². The first kappa shape index (κ1) is 20.1. The molecule has 1 aromatic heterocycles. The van der Waals surface area contributed by atoms with Gasteiger partial charge in [-0.05, 0) is 31.9 Å². The van der Waals surface area contributed by atoms with Gasteiger partial charge in [-0.3, -0.25) is 9.59 Å². The molecule has 8 nitrogen and oxygen atoms in total. The molecule has 0 aliphatic carbocycles. The zero-order valence-corrected chi connectivity index (χ0v) is 16.8. The minimum absolute atomic E-state index is 0.151. The zero-order valence-electron chi connectivity index (χ0n) is 16.0. The van der Waals surface area contributed by atoms with Crippen molar-refractivity contribution < 1.29 is 18.0 Å². The summed E-state index contributed by atoms with van der Waals surface area (Å²) in [5.41, 5.74) is 2.12. The highest BCUT2D eigenvalue weighted by molar-refractivity contribution is 7.92. The number of aromatic nitrogens is 2.